The molecule has 0 bridgehead atoms. The number of nitrogens with zero attached hydrogens (tertiary/aromatic N) is 1. The predicted octanol–water partition coefficient (Wildman–Crippen LogP) is 2.19. The van der Waals surface area contributed by atoms with Crippen LogP contribution < -0.4 is 0 Å². The Morgan fingerprint density at radius 1 is 1.39 bits per heavy atom. The van der Waals surface area contributed by atoms with Gasteiger partial charge in [-0.05, 0) is 12.5 Å². The lowest BCUT2D eigenvalue weighted by Crippen LogP contribution is -2.45. The number of hydrogen-bond acceptors (Lipinski definition) is 3. The summed E-state index contributed by atoms with van der Waals surface area (Å²) >= 11 is 0. The van der Waals surface area contributed by atoms with Gasteiger partial charge in [-0.15, -0.1) is 0 Å². The van der Waals surface area contributed by atoms with Gasteiger partial charge in [-0.25, -0.2) is 4.79 Å². The van der Waals surface area contributed by atoms with E-state index < -0.39 is 6.09 Å². The van der Waals surface area contributed by atoms with Gasteiger partial charge in [0.2, 0.25) is 0 Å². The number of carbonyl (C=O) groups is 2. The molecule has 1 amide bonds. The van der Waals surface area contributed by atoms with E-state index in [9.17, 15) is 9.59 Å². The van der Waals surface area contributed by atoms with Gasteiger partial charge >= 0.3 is 6.09 Å². The van der Waals surface area contributed by atoms with Gasteiger partial charge in [0.1, 0.15) is 12.4 Å². The first-order valence-electron chi connectivity index (χ1n) is 5.99. The fourth-order valence-electron chi connectivity index (χ4n) is 1.95. The van der Waals surface area contributed by atoms with Gasteiger partial charge < -0.3 is 9.64 Å². The lowest BCUT2D eigenvalue weighted by atomic mass is 10.0. The van der Waals surface area contributed by atoms with Crippen molar-refractivity contribution < 1.29 is 14.3 Å². The molecule has 0 aromatic heterocycles. The smallest absolute Gasteiger partial charge is 0.410 e. The fourth-order valence-corrected chi connectivity index (χ4v) is 1.95. The van der Waals surface area contributed by atoms with Crippen molar-refractivity contribution in [2.75, 3.05) is 6.54 Å². The van der Waals surface area contributed by atoms with Crippen LogP contribution in [-0.2, 0) is 16.1 Å². The van der Waals surface area contributed by atoms with Crippen LogP contribution in [0.5, 0.6) is 0 Å². The van der Waals surface area contributed by atoms with Crippen molar-refractivity contribution in [3.05, 3.63) is 42.8 Å². The summed E-state index contributed by atoms with van der Waals surface area (Å²) < 4.78 is 5.21. The van der Waals surface area contributed by atoms with Crippen LogP contribution >= 0.6 is 0 Å². The molecule has 0 N–H and O–H groups in total. The Kier molecular flexibility index (Phi) is 3.97. The molecule has 1 aliphatic rings. The summed E-state index contributed by atoms with van der Waals surface area (Å²) in [6.07, 6.45) is 0.318. The molecule has 1 aliphatic heterocycles. The van der Waals surface area contributed by atoms with Crippen molar-refractivity contribution in [3.8, 4) is 0 Å². The Morgan fingerprint density at radius 2 is 2.11 bits per heavy atom. The lowest BCUT2D eigenvalue weighted by molar-refractivity contribution is -0.122. The van der Waals surface area contributed by atoms with E-state index in [0.717, 1.165) is 5.56 Å². The van der Waals surface area contributed by atoms with Crippen LogP contribution in [-0.4, -0.2) is 29.4 Å². The molecule has 1 fully saturated rings. The van der Waals surface area contributed by atoms with Crippen molar-refractivity contribution in [3.63, 3.8) is 0 Å². The van der Waals surface area contributed by atoms with Gasteiger partial charge in [-0.2, -0.15) is 0 Å². The van der Waals surface area contributed by atoms with Gasteiger partial charge in [0, 0.05) is 25.4 Å². The Labute approximate surface area is 107 Å². The molecule has 1 radical (unpaired) electrons. The summed E-state index contributed by atoms with van der Waals surface area (Å²) in [6, 6.07) is 9.19. The first-order chi connectivity index (χ1) is 8.66. The summed E-state index contributed by atoms with van der Waals surface area (Å²) in [5.41, 5.74) is 0.944. The monoisotopic (exact) mass is 246 g/mol. The molecule has 0 saturated carbocycles. The Morgan fingerprint density at radius 3 is 2.78 bits per heavy atom. The third-order valence-electron chi connectivity index (χ3n) is 2.98. The number of Topliss-reactive ketones (excluding diaryl/α,β-unsaturated/α-hetero) is 1. The molecule has 4 heteroatoms. The first-order valence-corrected chi connectivity index (χ1v) is 5.99. The fraction of sp³-hybridized carbons (Fsp3) is 0.357. The number of ketones is 1. The van der Waals surface area contributed by atoms with Gasteiger partial charge in [-0.3, -0.25) is 4.79 Å². The van der Waals surface area contributed by atoms with E-state index in [2.05, 4.69) is 6.92 Å². The molecule has 1 heterocycles. The average Bonchev–Trinajstić information content (AvgIpc) is 2.37. The Hall–Kier alpha value is -1.84. The molecule has 1 aromatic rings. The number of hydrogen-bond donors (Lipinski definition) is 0. The molecule has 0 spiro atoms. The van der Waals surface area contributed by atoms with Crippen molar-refractivity contribution in [1.29, 1.82) is 0 Å². The Bertz CT molecular complexity index is 430. The number of ether oxygens (including phenoxy) is 1. The second-order valence-electron chi connectivity index (χ2n) is 4.38. The van der Waals surface area contributed by atoms with E-state index in [1.807, 2.05) is 30.3 Å². The van der Waals surface area contributed by atoms with E-state index >= 15 is 0 Å². The third-order valence-corrected chi connectivity index (χ3v) is 2.98. The minimum atomic E-state index is -0.397. The van der Waals surface area contributed by atoms with E-state index in [4.69, 9.17) is 4.74 Å². The number of rotatable bonds is 2. The molecular weight excluding hydrogens is 230 g/mol. The zero-order chi connectivity index (χ0) is 13.0. The zero-order valence-corrected chi connectivity index (χ0v) is 10.2. The highest BCUT2D eigenvalue weighted by molar-refractivity contribution is 5.82. The molecule has 1 aromatic carbocycles. The molecule has 18 heavy (non-hydrogen) atoms. The maximum atomic E-state index is 11.8. The Balaban J connectivity index is 1.86. The van der Waals surface area contributed by atoms with Gasteiger partial charge in [0.15, 0.2) is 0 Å². The van der Waals surface area contributed by atoms with Crippen molar-refractivity contribution in [2.45, 2.75) is 25.5 Å². The highest BCUT2D eigenvalue weighted by Gasteiger charge is 2.28. The molecule has 0 aliphatic carbocycles. The summed E-state index contributed by atoms with van der Waals surface area (Å²) in [5, 5.41) is 0. The maximum absolute atomic E-state index is 11.8. The van der Waals surface area contributed by atoms with Crippen LogP contribution in [0.3, 0.4) is 0 Å². The van der Waals surface area contributed by atoms with Crippen LogP contribution in [0.1, 0.15) is 18.4 Å². The molecule has 95 valence electrons. The largest absolute Gasteiger partial charge is 0.445 e. The van der Waals surface area contributed by atoms with E-state index in [-0.39, 0.29) is 18.4 Å². The predicted molar refractivity (Wildman–Crippen MR) is 66.7 cm³/mol. The highest BCUT2D eigenvalue weighted by atomic mass is 16.6. The number of benzene rings is 1. The normalized spacial score (nSPS) is 19.7. The van der Waals surface area contributed by atoms with Crippen LogP contribution in [0.15, 0.2) is 30.3 Å². The zero-order valence-electron chi connectivity index (χ0n) is 10.2. The minimum absolute atomic E-state index is 0.155. The van der Waals surface area contributed by atoms with Crippen molar-refractivity contribution >= 4 is 11.9 Å². The lowest BCUT2D eigenvalue weighted by Gasteiger charge is -2.31. The van der Waals surface area contributed by atoms with Crippen LogP contribution in [0, 0.1) is 6.92 Å². The number of piperidine rings is 1. The summed E-state index contributed by atoms with van der Waals surface area (Å²) in [5.74, 6) is 0.155. The third kappa shape index (κ3) is 3.09. The van der Waals surface area contributed by atoms with Crippen LogP contribution in [0.4, 0.5) is 4.79 Å². The van der Waals surface area contributed by atoms with Crippen LogP contribution in [0.2, 0.25) is 0 Å². The van der Waals surface area contributed by atoms with Gasteiger partial charge in [0.25, 0.3) is 0 Å². The van der Waals surface area contributed by atoms with E-state index in [0.29, 0.717) is 19.4 Å². The molecule has 2 rings (SSSR count). The maximum Gasteiger partial charge on any atom is 0.410 e. The number of amides is 1. The van der Waals surface area contributed by atoms with Crippen LogP contribution in [0.25, 0.3) is 0 Å². The van der Waals surface area contributed by atoms with Gasteiger partial charge in [0.05, 0.1) is 0 Å². The quantitative estimate of drug-likeness (QED) is 0.803. The molecule has 4 nitrogen and oxygen atoms in total. The van der Waals surface area contributed by atoms with Crippen molar-refractivity contribution in [2.24, 2.45) is 0 Å². The van der Waals surface area contributed by atoms with E-state index in [1.54, 1.807) is 0 Å². The number of carbonyl (C=O) groups excluding carboxylic acids is 2. The minimum Gasteiger partial charge on any atom is -0.445 e. The summed E-state index contributed by atoms with van der Waals surface area (Å²) in [6.45, 7) is 4.46. The van der Waals surface area contributed by atoms with E-state index in [1.165, 1.54) is 4.90 Å². The molecule has 1 unspecified atom stereocenters. The average molecular weight is 246 g/mol. The summed E-state index contributed by atoms with van der Waals surface area (Å²) in [4.78, 5) is 24.6. The summed E-state index contributed by atoms with van der Waals surface area (Å²) in [7, 11) is 0. The highest BCUT2D eigenvalue weighted by Crippen LogP contribution is 2.15. The SMILES string of the molecule is [CH2]C1CC(=O)CCN1C(=O)OCc1ccccc1. The first kappa shape index (κ1) is 12.6. The number of likely N-dealkylation sites (tertiary alicyclic amines) is 1. The second kappa shape index (κ2) is 5.67. The van der Waals surface area contributed by atoms with Crippen molar-refractivity contribution in [1.82, 2.24) is 4.90 Å². The second-order valence-corrected chi connectivity index (χ2v) is 4.38. The topological polar surface area (TPSA) is 46.6 Å². The molecular formula is C14H16NO3. The molecule has 1 atom stereocenters. The molecule has 1 saturated heterocycles. The standard InChI is InChI=1S/C14H16NO3/c1-11-9-13(16)7-8-15(11)14(17)18-10-12-5-3-2-4-6-12/h2-6,11H,1,7-10H2. The van der Waals surface area contributed by atoms with Gasteiger partial charge in [-0.1, -0.05) is 30.3 Å².